The van der Waals surface area contributed by atoms with E-state index in [0.717, 1.165) is 13.0 Å². The van der Waals surface area contributed by atoms with E-state index in [4.69, 9.17) is 4.74 Å². The number of hydrogen-bond acceptors (Lipinski definition) is 4. The number of aliphatic carboxylic acids is 1. The van der Waals surface area contributed by atoms with E-state index in [1.54, 1.807) is 7.11 Å². The molecule has 3 atom stereocenters. The summed E-state index contributed by atoms with van der Waals surface area (Å²) in [7, 11) is 1.56. The first-order valence-electron chi connectivity index (χ1n) is 7.19. The van der Waals surface area contributed by atoms with Crippen molar-refractivity contribution in [1.29, 1.82) is 0 Å². The number of nitrogens with one attached hydrogen (secondary N) is 1. The summed E-state index contributed by atoms with van der Waals surface area (Å²) in [5, 5.41) is 12.6. The van der Waals surface area contributed by atoms with Crippen LogP contribution in [0.25, 0.3) is 0 Å². The minimum Gasteiger partial charge on any atom is -0.480 e. The van der Waals surface area contributed by atoms with Crippen LogP contribution in [0.2, 0.25) is 0 Å². The number of carbonyl (C=O) groups is 2. The molecular formula is C14H24N2O4. The second-order valence-corrected chi connectivity index (χ2v) is 6.14. The van der Waals surface area contributed by atoms with E-state index in [1.165, 1.54) is 4.90 Å². The van der Waals surface area contributed by atoms with Crippen LogP contribution in [-0.2, 0) is 14.3 Å². The maximum atomic E-state index is 13.0. The largest absolute Gasteiger partial charge is 0.480 e. The lowest BCUT2D eigenvalue weighted by atomic mass is 9.75. The fraction of sp³-hybridized carbons (Fsp3) is 0.857. The Morgan fingerprint density at radius 2 is 2.15 bits per heavy atom. The number of ether oxygens (including phenoxy) is 1. The van der Waals surface area contributed by atoms with E-state index in [-0.39, 0.29) is 17.9 Å². The number of carboxylic acids is 1. The second kappa shape index (κ2) is 5.69. The third kappa shape index (κ3) is 2.42. The van der Waals surface area contributed by atoms with E-state index in [2.05, 4.69) is 5.32 Å². The first-order chi connectivity index (χ1) is 9.42. The van der Waals surface area contributed by atoms with Crippen LogP contribution < -0.4 is 5.32 Å². The van der Waals surface area contributed by atoms with Crippen molar-refractivity contribution >= 4 is 11.9 Å². The van der Waals surface area contributed by atoms with Gasteiger partial charge in [-0.2, -0.15) is 0 Å². The number of rotatable bonds is 4. The number of nitrogens with zero attached hydrogens (tertiary/aromatic N) is 1. The molecule has 0 saturated carbocycles. The Labute approximate surface area is 119 Å². The number of amides is 1. The van der Waals surface area contributed by atoms with Crippen LogP contribution in [0.3, 0.4) is 0 Å². The van der Waals surface area contributed by atoms with Crippen LogP contribution >= 0.6 is 0 Å². The fourth-order valence-corrected chi connectivity index (χ4v) is 3.35. The molecule has 6 heteroatoms. The lowest BCUT2D eigenvalue weighted by molar-refractivity contribution is -0.154. The standard InChI is InChI=1S/C14H24N2O4/c1-9(2)14(4-5-15-8-14)13(19)16-7-10(20-3)6-11(16)12(17)18/h9-11,15H,4-8H2,1-3H3,(H,17,18). The van der Waals surface area contributed by atoms with Gasteiger partial charge >= 0.3 is 5.97 Å². The highest BCUT2D eigenvalue weighted by Crippen LogP contribution is 2.38. The molecule has 2 N–H and O–H groups in total. The Balaban J connectivity index is 2.24. The van der Waals surface area contributed by atoms with E-state index >= 15 is 0 Å². The lowest BCUT2D eigenvalue weighted by Gasteiger charge is -2.36. The van der Waals surface area contributed by atoms with Gasteiger partial charge in [-0.15, -0.1) is 0 Å². The van der Waals surface area contributed by atoms with Crippen LogP contribution in [-0.4, -0.2) is 60.8 Å². The molecule has 0 bridgehead atoms. The van der Waals surface area contributed by atoms with E-state index in [9.17, 15) is 14.7 Å². The van der Waals surface area contributed by atoms with E-state index in [1.807, 2.05) is 13.8 Å². The van der Waals surface area contributed by atoms with Gasteiger partial charge in [0.15, 0.2) is 0 Å². The molecule has 1 amide bonds. The molecule has 2 heterocycles. The number of hydrogen-bond donors (Lipinski definition) is 2. The summed E-state index contributed by atoms with van der Waals surface area (Å²) >= 11 is 0. The molecule has 0 aromatic carbocycles. The summed E-state index contributed by atoms with van der Waals surface area (Å²) in [6.07, 6.45) is 0.960. The third-order valence-corrected chi connectivity index (χ3v) is 4.86. The van der Waals surface area contributed by atoms with Crippen LogP contribution in [0.5, 0.6) is 0 Å². The minimum absolute atomic E-state index is 0.0375. The van der Waals surface area contributed by atoms with Gasteiger partial charge in [0.05, 0.1) is 11.5 Å². The third-order valence-electron chi connectivity index (χ3n) is 4.86. The number of carbonyl (C=O) groups excluding carboxylic acids is 1. The van der Waals surface area contributed by atoms with E-state index < -0.39 is 17.4 Å². The molecule has 6 nitrogen and oxygen atoms in total. The van der Waals surface area contributed by atoms with Crippen molar-refractivity contribution in [3.8, 4) is 0 Å². The highest BCUT2D eigenvalue weighted by molar-refractivity contribution is 5.89. The van der Waals surface area contributed by atoms with Crippen molar-refractivity contribution in [1.82, 2.24) is 10.2 Å². The van der Waals surface area contributed by atoms with Crippen molar-refractivity contribution in [3.63, 3.8) is 0 Å². The molecule has 2 fully saturated rings. The van der Waals surface area contributed by atoms with E-state index in [0.29, 0.717) is 19.5 Å². The second-order valence-electron chi connectivity index (χ2n) is 6.14. The van der Waals surface area contributed by atoms with Crippen molar-refractivity contribution < 1.29 is 19.4 Å². The first-order valence-corrected chi connectivity index (χ1v) is 7.19. The Bertz CT molecular complexity index is 391. The predicted octanol–water partition coefficient (Wildman–Crippen LogP) is 0.323. The molecule has 2 aliphatic heterocycles. The van der Waals surface area contributed by atoms with Gasteiger partial charge in [-0.25, -0.2) is 4.79 Å². The van der Waals surface area contributed by atoms with Crippen LogP contribution in [0, 0.1) is 11.3 Å². The quantitative estimate of drug-likeness (QED) is 0.777. The lowest BCUT2D eigenvalue weighted by Crippen LogP contribution is -2.51. The van der Waals surface area contributed by atoms with Crippen molar-refractivity contribution in [2.75, 3.05) is 26.7 Å². The molecule has 2 aliphatic rings. The topological polar surface area (TPSA) is 78.9 Å². The van der Waals surface area contributed by atoms with Gasteiger partial charge in [-0.3, -0.25) is 4.79 Å². The van der Waals surface area contributed by atoms with Crippen LogP contribution in [0.4, 0.5) is 0 Å². The molecule has 114 valence electrons. The molecule has 0 aliphatic carbocycles. The average Bonchev–Trinajstić information content (AvgIpc) is 3.05. The average molecular weight is 284 g/mol. The monoisotopic (exact) mass is 284 g/mol. The predicted molar refractivity (Wildman–Crippen MR) is 73.3 cm³/mol. The SMILES string of the molecule is COC1CC(C(=O)O)N(C(=O)C2(C(C)C)CCNC2)C1. The zero-order chi connectivity index (χ0) is 14.9. The van der Waals surface area contributed by atoms with Crippen LogP contribution in [0.15, 0.2) is 0 Å². The summed E-state index contributed by atoms with van der Waals surface area (Å²) in [6.45, 7) is 5.88. The fourth-order valence-electron chi connectivity index (χ4n) is 3.35. The summed E-state index contributed by atoms with van der Waals surface area (Å²) in [6, 6.07) is -0.760. The Hall–Kier alpha value is -1.14. The van der Waals surface area contributed by atoms with Gasteiger partial charge < -0.3 is 20.1 Å². The highest BCUT2D eigenvalue weighted by atomic mass is 16.5. The smallest absolute Gasteiger partial charge is 0.326 e. The molecular weight excluding hydrogens is 260 g/mol. The Morgan fingerprint density at radius 3 is 2.60 bits per heavy atom. The minimum atomic E-state index is -0.942. The van der Waals surface area contributed by atoms with Gasteiger partial charge in [-0.1, -0.05) is 13.8 Å². The Kier molecular flexibility index (Phi) is 4.34. The molecule has 2 saturated heterocycles. The van der Waals surface area contributed by atoms with Gasteiger partial charge in [-0.05, 0) is 18.9 Å². The zero-order valence-electron chi connectivity index (χ0n) is 12.4. The first kappa shape index (κ1) is 15.3. The molecule has 2 rings (SSSR count). The van der Waals surface area contributed by atoms with Crippen molar-refractivity contribution in [3.05, 3.63) is 0 Å². The van der Waals surface area contributed by atoms with Crippen molar-refractivity contribution in [2.45, 2.75) is 38.8 Å². The number of likely N-dealkylation sites (tertiary alicyclic amines) is 1. The maximum Gasteiger partial charge on any atom is 0.326 e. The highest BCUT2D eigenvalue weighted by Gasteiger charge is 2.50. The molecule has 0 spiro atoms. The van der Waals surface area contributed by atoms with Gasteiger partial charge in [0, 0.05) is 26.6 Å². The maximum absolute atomic E-state index is 13.0. The van der Waals surface area contributed by atoms with Crippen LogP contribution in [0.1, 0.15) is 26.7 Å². The molecule has 0 aromatic heterocycles. The summed E-state index contributed by atoms with van der Waals surface area (Å²) in [5.74, 6) is -0.798. The molecule has 20 heavy (non-hydrogen) atoms. The zero-order valence-corrected chi connectivity index (χ0v) is 12.4. The number of carboxylic acid groups (broad SMARTS) is 1. The number of methoxy groups -OCH3 is 1. The summed E-state index contributed by atoms with van der Waals surface area (Å²) in [5.41, 5.74) is -0.476. The molecule has 0 aromatic rings. The normalized spacial score (nSPS) is 33.9. The summed E-state index contributed by atoms with van der Waals surface area (Å²) < 4.78 is 5.26. The van der Waals surface area contributed by atoms with Gasteiger partial charge in [0.25, 0.3) is 0 Å². The summed E-state index contributed by atoms with van der Waals surface area (Å²) in [4.78, 5) is 25.9. The molecule has 3 unspecified atom stereocenters. The van der Waals surface area contributed by atoms with Crippen molar-refractivity contribution in [2.24, 2.45) is 11.3 Å². The van der Waals surface area contributed by atoms with Gasteiger partial charge in [0.2, 0.25) is 5.91 Å². The Morgan fingerprint density at radius 1 is 1.45 bits per heavy atom. The van der Waals surface area contributed by atoms with Gasteiger partial charge in [0.1, 0.15) is 6.04 Å². The molecule has 0 radical (unpaired) electrons.